The summed E-state index contributed by atoms with van der Waals surface area (Å²) < 4.78 is 29.6. The summed E-state index contributed by atoms with van der Waals surface area (Å²) >= 11 is 0. The van der Waals surface area contributed by atoms with Crippen LogP contribution in [0.15, 0.2) is 24.3 Å². The van der Waals surface area contributed by atoms with Gasteiger partial charge in [0.1, 0.15) is 6.61 Å². The number of benzene rings is 2. The molecule has 0 saturated carbocycles. The zero-order valence-corrected chi connectivity index (χ0v) is 17.8. The summed E-state index contributed by atoms with van der Waals surface area (Å²) in [5, 5.41) is 22.6. The number of hydrogen-bond donors (Lipinski definition) is 0. The Hall–Kier alpha value is -4.62. The summed E-state index contributed by atoms with van der Waals surface area (Å²) in [7, 11) is 5.08. The molecule has 0 aliphatic heterocycles. The summed E-state index contributed by atoms with van der Waals surface area (Å²) in [6, 6.07) is 4.20. The third kappa shape index (κ3) is 5.55. The fraction of sp³-hybridized carbons (Fsp3) is 0.263. The molecule has 2 aromatic rings. The summed E-state index contributed by atoms with van der Waals surface area (Å²) in [5.41, 5.74) is -1.23. The monoisotopic (exact) mass is 466 g/mol. The summed E-state index contributed by atoms with van der Waals surface area (Å²) in [6.07, 6.45) is 0. The molecule has 0 aliphatic rings. The van der Waals surface area contributed by atoms with Gasteiger partial charge in [0.25, 0.3) is 5.69 Å². The number of hydrogen-bond acceptors (Lipinski definition) is 12. The van der Waals surface area contributed by atoms with E-state index in [1.165, 1.54) is 34.5 Å². The van der Waals surface area contributed by atoms with Crippen LogP contribution in [0.4, 0.5) is 11.4 Å². The van der Waals surface area contributed by atoms with Gasteiger partial charge in [0.2, 0.25) is 5.75 Å². The van der Waals surface area contributed by atoms with E-state index in [9.17, 15) is 29.8 Å². The van der Waals surface area contributed by atoms with E-state index in [1.807, 2.05) is 0 Å². The Bertz CT molecular complexity index is 1100. The third-order valence-corrected chi connectivity index (χ3v) is 4.17. The first-order valence-electron chi connectivity index (χ1n) is 8.85. The van der Waals surface area contributed by atoms with Crippen LogP contribution < -0.4 is 23.7 Å². The van der Waals surface area contributed by atoms with Gasteiger partial charge in [0.05, 0.1) is 56.0 Å². The first-order valence-corrected chi connectivity index (χ1v) is 8.85. The van der Waals surface area contributed by atoms with Gasteiger partial charge < -0.3 is 28.4 Å². The zero-order valence-electron chi connectivity index (χ0n) is 17.8. The van der Waals surface area contributed by atoms with Crippen molar-refractivity contribution in [2.75, 3.05) is 28.4 Å². The maximum atomic E-state index is 12.1. The van der Waals surface area contributed by atoms with Crippen LogP contribution >= 0.6 is 0 Å². The second-order valence-corrected chi connectivity index (χ2v) is 5.99. The maximum Gasteiger partial charge on any atom is 0.423 e. The van der Waals surface area contributed by atoms with Crippen LogP contribution in [0.3, 0.4) is 0 Å². The maximum absolute atomic E-state index is 12.1. The number of rotatable bonds is 9. The minimum atomic E-state index is -1.60. The summed E-state index contributed by atoms with van der Waals surface area (Å²) in [5.74, 6) is -3.57. The number of nitro benzene ring substituents is 2. The van der Waals surface area contributed by atoms with Crippen molar-refractivity contribution in [3.05, 3.63) is 50.1 Å². The molecule has 0 heterocycles. The normalized spacial score (nSPS) is 10.1. The van der Waals surface area contributed by atoms with Gasteiger partial charge in [-0.05, 0) is 6.07 Å². The van der Waals surface area contributed by atoms with Gasteiger partial charge in [0.15, 0.2) is 23.0 Å². The van der Waals surface area contributed by atoms with E-state index in [0.717, 1.165) is 18.2 Å². The number of carbonyl (C=O) groups is 2. The number of methoxy groups -OCH3 is 4. The van der Waals surface area contributed by atoms with Crippen LogP contribution in [0.1, 0.15) is 5.56 Å². The second kappa shape index (κ2) is 10.6. The number of ether oxygens (including phenoxy) is 6. The summed E-state index contributed by atoms with van der Waals surface area (Å²) in [4.78, 5) is 45.2. The van der Waals surface area contributed by atoms with E-state index in [2.05, 4.69) is 0 Å². The van der Waals surface area contributed by atoms with Crippen LogP contribution in [0.25, 0.3) is 0 Å². The molecule has 33 heavy (non-hydrogen) atoms. The van der Waals surface area contributed by atoms with Crippen molar-refractivity contribution in [1.82, 2.24) is 0 Å². The molecule has 2 aromatic carbocycles. The highest BCUT2D eigenvalue weighted by Crippen LogP contribution is 2.39. The molecule has 0 unspecified atom stereocenters. The molecule has 176 valence electrons. The van der Waals surface area contributed by atoms with Crippen molar-refractivity contribution in [1.29, 1.82) is 0 Å². The van der Waals surface area contributed by atoms with Crippen molar-refractivity contribution >= 4 is 23.3 Å². The smallest absolute Gasteiger partial charge is 0.423 e. The Balaban J connectivity index is 2.24. The van der Waals surface area contributed by atoms with Gasteiger partial charge in [0, 0.05) is 6.07 Å². The summed E-state index contributed by atoms with van der Waals surface area (Å²) in [6.45, 7) is -0.696. The SMILES string of the molecule is COc1cc(COC(=O)C(=O)Oc2cc(OC)c(OC)cc2[N+](=O)[O-])c([N+](=O)[O-])cc1OC. The number of esters is 2. The number of carbonyl (C=O) groups excluding carboxylic acids is 2. The fourth-order valence-electron chi connectivity index (χ4n) is 2.61. The third-order valence-electron chi connectivity index (χ3n) is 4.17. The van der Waals surface area contributed by atoms with E-state index >= 15 is 0 Å². The molecule has 0 aromatic heterocycles. The van der Waals surface area contributed by atoms with Crippen LogP contribution in [0, 0.1) is 20.2 Å². The van der Waals surface area contributed by atoms with Crippen molar-refractivity contribution < 1.29 is 47.9 Å². The van der Waals surface area contributed by atoms with E-state index in [1.54, 1.807) is 0 Å². The Labute approximate surface area is 185 Å². The lowest BCUT2D eigenvalue weighted by Crippen LogP contribution is -2.23. The Kier molecular flexibility index (Phi) is 7.92. The molecular weight excluding hydrogens is 448 g/mol. The molecule has 0 saturated heterocycles. The van der Waals surface area contributed by atoms with E-state index in [4.69, 9.17) is 28.4 Å². The zero-order chi connectivity index (χ0) is 24.7. The van der Waals surface area contributed by atoms with Gasteiger partial charge in [-0.1, -0.05) is 0 Å². The average molecular weight is 466 g/mol. The molecule has 0 aliphatic carbocycles. The van der Waals surface area contributed by atoms with Crippen LogP contribution in [0.2, 0.25) is 0 Å². The standard InChI is InChI=1S/C19H18N2O12/c1-28-14-5-10(11(20(24)25)6-15(14)29-2)9-32-18(22)19(23)33-13-8-17(31-4)16(30-3)7-12(13)21(26)27/h5-8H,9H2,1-4H3. The number of nitrogens with zero attached hydrogens (tertiary/aromatic N) is 2. The highest BCUT2D eigenvalue weighted by Gasteiger charge is 2.28. The van der Waals surface area contributed by atoms with E-state index in [-0.39, 0.29) is 28.6 Å². The highest BCUT2D eigenvalue weighted by atomic mass is 16.6. The Morgan fingerprint density at radius 2 is 1.15 bits per heavy atom. The predicted octanol–water partition coefficient (Wildman–Crippen LogP) is 2.19. The van der Waals surface area contributed by atoms with Crippen LogP contribution in [-0.2, 0) is 20.9 Å². The first-order chi connectivity index (χ1) is 15.7. The molecule has 0 radical (unpaired) electrons. The topological polar surface area (TPSA) is 176 Å². The highest BCUT2D eigenvalue weighted by molar-refractivity contribution is 6.30. The molecule has 0 bridgehead atoms. The molecule has 0 amide bonds. The lowest BCUT2D eigenvalue weighted by Gasteiger charge is -2.11. The lowest BCUT2D eigenvalue weighted by molar-refractivity contribution is -0.386. The second-order valence-electron chi connectivity index (χ2n) is 5.99. The molecule has 14 heteroatoms. The van der Waals surface area contributed by atoms with Crippen LogP contribution in [0.5, 0.6) is 28.7 Å². The van der Waals surface area contributed by atoms with Crippen LogP contribution in [-0.4, -0.2) is 50.2 Å². The van der Waals surface area contributed by atoms with Crippen molar-refractivity contribution in [3.8, 4) is 28.7 Å². The molecule has 0 atom stereocenters. The van der Waals surface area contributed by atoms with Gasteiger partial charge in [-0.25, -0.2) is 9.59 Å². The van der Waals surface area contributed by atoms with Crippen molar-refractivity contribution in [3.63, 3.8) is 0 Å². The Morgan fingerprint density at radius 1 is 0.697 bits per heavy atom. The molecule has 0 spiro atoms. The minimum Gasteiger partial charge on any atom is -0.493 e. The van der Waals surface area contributed by atoms with E-state index < -0.39 is 45.5 Å². The van der Waals surface area contributed by atoms with Gasteiger partial charge >= 0.3 is 17.6 Å². The Morgan fingerprint density at radius 3 is 1.64 bits per heavy atom. The average Bonchev–Trinajstić information content (AvgIpc) is 2.80. The minimum absolute atomic E-state index is 0.000204. The number of nitro groups is 2. The van der Waals surface area contributed by atoms with Crippen molar-refractivity contribution in [2.24, 2.45) is 0 Å². The molecule has 0 N–H and O–H groups in total. The van der Waals surface area contributed by atoms with Gasteiger partial charge in [-0.15, -0.1) is 0 Å². The first kappa shape index (κ1) is 24.6. The van der Waals surface area contributed by atoms with Crippen molar-refractivity contribution in [2.45, 2.75) is 6.61 Å². The quantitative estimate of drug-likeness (QED) is 0.173. The predicted molar refractivity (Wildman–Crippen MR) is 108 cm³/mol. The molecule has 0 fully saturated rings. The molecule has 14 nitrogen and oxygen atoms in total. The van der Waals surface area contributed by atoms with E-state index in [0.29, 0.717) is 0 Å². The largest absolute Gasteiger partial charge is 0.493 e. The van der Waals surface area contributed by atoms with Gasteiger partial charge in [-0.2, -0.15) is 0 Å². The lowest BCUT2D eigenvalue weighted by atomic mass is 10.1. The molecule has 2 rings (SSSR count). The fourth-order valence-corrected chi connectivity index (χ4v) is 2.61. The van der Waals surface area contributed by atoms with Gasteiger partial charge in [-0.3, -0.25) is 20.2 Å². The molecular formula is C19H18N2O12.